The van der Waals surface area contributed by atoms with E-state index in [1.54, 1.807) is 6.92 Å². The number of rotatable bonds is 5. The van der Waals surface area contributed by atoms with Crippen LogP contribution in [0.3, 0.4) is 0 Å². The molecule has 0 spiro atoms. The first-order chi connectivity index (χ1) is 13.7. The molecule has 1 aliphatic rings. The quantitative estimate of drug-likeness (QED) is 0.664. The summed E-state index contributed by atoms with van der Waals surface area (Å²) in [6.45, 7) is 4.00. The van der Waals surface area contributed by atoms with Crippen LogP contribution < -0.4 is 15.0 Å². The SMILES string of the molecule is C[C@H](Oc1ccc2ccccc2c1)C(=O)Nc1ccc(N2CCCCC2)cc1. The van der Waals surface area contributed by atoms with Crippen LogP contribution in [0.15, 0.2) is 66.7 Å². The van der Waals surface area contributed by atoms with Gasteiger partial charge in [0.2, 0.25) is 0 Å². The highest BCUT2D eigenvalue weighted by atomic mass is 16.5. The lowest BCUT2D eigenvalue weighted by atomic mass is 10.1. The highest BCUT2D eigenvalue weighted by Gasteiger charge is 2.16. The Balaban J connectivity index is 1.36. The molecule has 1 fully saturated rings. The predicted molar refractivity (Wildman–Crippen MR) is 115 cm³/mol. The Morgan fingerprint density at radius 1 is 0.929 bits per heavy atom. The van der Waals surface area contributed by atoms with Crippen molar-refractivity contribution < 1.29 is 9.53 Å². The second-order valence-corrected chi connectivity index (χ2v) is 7.35. The first kappa shape index (κ1) is 18.4. The lowest BCUT2D eigenvalue weighted by molar-refractivity contribution is -0.122. The normalized spacial score (nSPS) is 15.2. The van der Waals surface area contributed by atoms with E-state index in [9.17, 15) is 4.79 Å². The topological polar surface area (TPSA) is 41.6 Å². The van der Waals surface area contributed by atoms with Gasteiger partial charge in [-0.05, 0) is 73.4 Å². The zero-order valence-electron chi connectivity index (χ0n) is 16.2. The van der Waals surface area contributed by atoms with Crippen LogP contribution in [0.1, 0.15) is 26.2 Å². The first-order valence-electron chi connectivity index (χ1n) is 10.0. The van der Waals surface area contributed by atoms with Gasteiger partial charge in [-0.3, -0.25) is 4.79 Å². The number of nitrogens with one attached hydrogen (secondary N) is 1. The van der Waals surface area contributed by atoms with Crippen molar-refractivity contribution >= 4 is 28.1 Å². The number of hydrogen-bond acceptors (Lipinski definition) is 3. The summed E-state index contributed by atoms with van der Waals surface area (Å²) in [6, 6.07) is 22.1. The zero-order chi connectivity index (χ0) is 19.3. The van der Waals surface area contributed by atoms with E-state index < -0.39 is 6.10 Å². The molecule has 1 amide bonds. The average molecular weight is 374 g/mol. The Morgan fingerprint density at radius 3 is 2.39 bits per heavy atom. The molecule has 0 saturated carbocycles. The van der Waals surface area contributed by atoms with E-state index in [0.29, 0.717) is 5.75 Å². The fraction of sp³-hybridized carbons (Fsp3) is 0.292. The van der Waals surface area contributed by atoms with Gasteiger partial charge in [-0.25, -0.2) is 0 Å². The van der Waals surface area contributed by atoms with Gasteiger partial charge >= 0.3 is 0 Å². The van der Waals surface area contributed by atoms with Gasteiger partial charge in [0, 0.05) is 24.5 Å². The number of fused-ring (bicyclic) bond motifs is 1. The average Bonchev–Trinajstić information content (AvgIpc) is 2.75. The van der Waals surface area contributed by atoms with Crippen LogP contribution in [0, 0.1) is 0 Å². The third-order valence-corrected chi connectivity index (χ3v) is 5.26. The second kappa shape index (κ2) is 8.34. The molecule has 1 heterocycles. The molecule has 1 saturated heterocycles. The van der Waals surface area contributed by atoms with Crippen molar-refractivity contribution in [1.29, 1.82) is 0 Å². The van der Waals surface area contributed by atoms with Gasteiger partial charge in [-0.15, -0.1) is 0 Å². The van der Waals surface area contributed by atoms with E-state index in [2.05, 4.69) is 28.4 Å². The van der Waals surface area contributed by atoms with Crippen molar-refractivity contribution in [2.75, 3.05) is 23.3 Å². The van der Waals surface area contributed by atoms with Gasteiger partial charge in [0.05, 0.1) is 0 Å². The zero-order valence-corrected chi connectivity index (χ0v) is 16.2. The third-order valence-electron chi connectivity index (χ3n) is 5.26. The maximum absolute atomic E-state index is 12.5. The molecular weight excluding hydrogens is 348 g/mol. The molecule has 28 heavy (non-hydrogen) atoms. The molecule has 144 valence electrons. The van der Waals surface area contributed by atoms with Gasteiger partial charge < -0.3 is 15.0 Å². The van der Waals surface area contributed by atoms with Gasteiger partial charge in [0.15, 0.2) is 6.10 Å². The second-order valence-electron chi connectivity index (χ2n) is 7.35. The van der Waals surface area contributed by atoms with Crippen molar-refractivity contribution in [1.82, 2.24) is 0 Å². The largest absolute Gasteiger partial charge is 0.481 e. The number of anilines is 2. The van der Waals surface area contributed by atoms with Crippen molar-refractivity contribution in [2.45, 2.75) is 32.3 Å². The van der Waals surface area contributed by atoms with Gasteiger partial charge in [-0.1, -0.05) is 30.3 Å². The van der Waals surface area contributed by atoms with Gasteiger partial charge in [0.1, 0.15) is 5.75 Å². The third kappa shape index (κ3) is 4.28. The highest BCUT2D eigenvalue weighted by molar-refractivity contribution is 5.94. The number of ether oxygens (including phenoxy) is 1. The number of amides is 1. The molecule has 1 N–H and O–H groups in total. The number of benzene rings is 3. The maximum Gasteiger partial charge on any atom is 0.265 e. The number of hydrogen-bond donors (Lipinski definition) is 1. The Kier molecular flexibility index (Phi) is 5.47. The van der Waals surface area contributed by atoms with Crippen LogP contribution >= 0.6 is 0 Å². The number of piperidine rings is 1. The molecule has 1 aliphatic heterocycles. The summed E-state index contributed by atoms with van der Waals surface area (Å²) in [5.41, 5.74) is 2.01. The Morgan fingerprint density at radius 2 is 1.64 bits per heavy atom. The highest BCUT2D eigenvalue weighted by Crippen LogP contribution is 2.23. The van der Waals surface area contributed by atoms with Crippen molar-refractivity contribution in [3.8, 4) is 5.75 Å². The minimum Gasteiger partial charge on any atom is -0.481 e. The monoisotopic (exact) mass is 374 g/mol. The summed E-state index contributed by atoms with van der Waals surface area (Å²) in [5, 5.41) is 5.20. The molecule has 4 nitrogen and oxygen atoms in total. The summed E-state index contributed by atoms with van der Waals surface area (Å²) < 4.78 is 5.86. The summed E-state index contributed by atoms with van der Waals surface area (Å²) in [5.74, 6) is 0.542. The smallest absolute Gasteiger partial charge is 0.265 e. The summed E-state index contributed by atoms with van der Waals surface area (Å²) in [4.78, 5) is 14.9. The van der Waals surface area contributed by atoms with Crippen LogP contribution in [0.25, 0.3) is 10.8 Å². The van der Waals surface area contributed by atoms with E-state index in [1.165, 1.54) is 24.9 Å². The molecule has 0 radical (unpaired) electrons. The number of carbonyl (C=O) groups excluding carboxylic acids is 1. The molecule has 0 aromatic heterocycles. The minimum atomic E-state index is -0.581. The van der Waals surface area contributed by atoms with E-state index in [-0.39, 0.29) is 5.91 Å². The van der Waals surface area contributed by atoms with E-state index in [1.807, 2.05) is 48.5 Å². The molecule has 0 bridgehead atoms. The fourth-order valence-corrected chi connectivity index (χ4v) is 3.65. The molecule has 0 unspecified atom stereocenters. The standard InChI is InChI=1S/C24H26N2O2/c1-18(28-23-14-9-19-7-3-4-8-20(19)17-23)24(27)25-21-10-12-22(13-11-21)26-15-5-2-6-16-26/h3-4,7-14,17-18H,2,5-6,15-16H2,1H3,(H,25,27)/t18-/m0/s1. The van der Waals surface area contributed by atoms with Crippen molar-refractivity contribution in [3.05, 3.63) is 66.7 Å². The van der Waals surface area contributed by atoms with Crippen LogP contribution in [-0.2, 0) is 4.79 Å². The Labute approximate surface area is 166 Å². The molecule has 0 aliphatic carbocycles. The lowest BCUT2D eigenvalue weighted by Gasteiger charge is -2.28. The first-order valence-corrected chi connectivity index (χ1v) is 10.0. The molecule has 4 rings (SSSR count). The van der Waals surface area contributed by atoms with Crippen LogP contribution in [0.5, 0.6) is 5.75 Å². The van der Waals surface area contributed by atoms with Crippen LogP contribution in [-0.4, -0.2) is 25.1 Å². The molecular formula is C24H26N2O2. The predicted octanol–water partition coefficient (Wildman–Crippen LogP) is 5.24. The summed E-state index contributed by atoms with van der Waals surface area (Å²) >= 11 is 0. The van der Waals surface area contributed by atoms with Crippen LogP contribution in [0.4, 0.5) is 11.4 Å². The summed E-state index contributed by atoms with van der Waals surface area (Å²) in [6.07, 6.45) is 3.24. The number of carbonyl (C=O) groups is 1. The fourth-order valence-electron chi connectivity index (χ4n) is 3.65. The van der Waals surface area contributed by atoms with Gasteiger partial charge in [0.25, 0.3) is 5.91 Å². The Bertz CT molecular complexity index is 946. The maximum atomic E-state index is 12.5. The molecule has 4 heteroatoms. The van der Waals surface area contributed by atoms with Crippen LogP contribution in [0.2, 0.25) is 0 Å². The Hall–Kier alpha value is -3.01. The molecule has 3 aromatic rings. The van der Waals surface area contributed by atoms with E-state index >= 15 is 0 Å². The number of nitrogens with zero attached hydrogens (tertiary/aromatic N) is 1. The van der Waals surface area contributed by atoms with Crippen molar-refractivity contribution in [3.63, 3.8) is 0 Å². The minimum absolute atomic E-state index is 0.154. The molecule has 3 aromatic carbocycles. The van der Waals surface area contributed by atoms with Crippen molar-refractivity contribution in [2.24, 2.45) is 0 Å². The van der Waals surface area contributed by atoms with E-state index in [0.717, 1.165) is 29.5 Å². The summed E-state index contributed by atoms with van der Waals surface area (Å²) in [7, 11) is 0. The van der Waals surface area contributed by atoms with Gasteiger partial charge in [-0.2, -0.15) is 0 Å². The lowest BCUT2D eigenvalue weighted by Crippen LogP contribution is -2.30. The molecule has 1 atom stereocenters. The van der Waals surface area contributed by atoms with E-state index in [4.69, 9.17) is 4.74 Å².